The number of anilines is 2. The number of aliphatic hydroxyl groups excluding tert-OH is 1. The zero-order valence-corrected chi connectivity index (χ0v) is 16.7. The summed E-state index contributed by atoms with van der Waals surface area (Å²) < 4.78 is 0. The highest BCUT2D eigenvalue weighted by Crippen LogP contribution is 2.31. The van der Waals surface area contributed by atoms with Gasteiger partial charge in [-0.25, -0.2) is 4.98 Å². The van der Waals surface area contributed by atoms with Crippen molar-refractivity contribution >= 4 is 17.4 Å². The van der Waals surface area contributed by atoms with Crippen LogP contribution in [0.5, 0.6) is 0 Å². The van der Waals surface area contributed by atoms with E-state index < -0.39 is 0 Å². The van der Waals surface area contributed by atoms with Crippen LogP contribution in [0.3, 0.4) is 0 Å². The lowest BCUT2D eigenvalue weighted by atomic mass is 9.98. The van der Waals surface area contributed by atoms with E-state index in [2.05, 4.69) is 20.6 Å². The smallest absolute Gasteiger partial charge is 0.269 e. The fourth-order valence-electron chi connectivity index (χ4n) is 3.00. The van der Waals surface area contributed by atoms with E-state index in [1.807, 2.05) is 50.2 Å². The lowest BCUT2D eigenvalue weighted by Crippen LogP contribution is -2.20. The van der Waals surface area contributed by atoms with Gasteiger partial charge in [0, 0.05) is 30.5 Å². The molecule has 2 heterocycles. The molecule has 1 atom stereocenters. The summed E-state index contributed by atoms with van der Waals surface area (Å²) >= 11 is 0. The van der Waals surface area contributed by atoms with Crippen LogP contribution in [0.15, 0.2) is 48.7 Å². The van der Waals surface area contributed by atoms with Gasteiger partial charge in [0.1, 0.15) is 11.5 Å². The lowest BCUT2D eigenvalue weighted by Gasteiger charge is -2.16. The largest absolute Gasteiger partial charge is 0.399 e. The van der Waals surface area contributed by atoms with Crippen molar-refractivity contribution in [1.82, 2.24) is 15.3 Å². The molecule has 0 radical (unpaired) electrons. The molecule has 0 fully saturated rings. The summed E-state index contributed by atoms with van der Waals surface area (Å²) in [6.07, 6.45) is 1.59. The molecule has 150 valence electrons. The van der Waals surface area contributed by atoms with Gasteiger partial charge in [0.15, 0.2) is 0 Å². The highest BCUT2D eigenvalue weighted by atomic mass is 16.3. The van der Waals surface area contributed by atoms with E-state index in [1.165, 1.54) is 0 Å². The first-order valence-electron chi connectivity index (χ1n) is 9.35. The molecule has 3 rings (SSSR count). The molecule has 0 bridgehead atoms. The Morgan fingerprint density at radius 2 is 1.97 bits per heavy atom. The molecule has 7 nitrogen and oxygen atoms in total. The van der Waals surface area contributed by atoms with E-state index in [1.54, 1.807) is 19.3 Å². The lowest BCUT2D eigenvalue weighted by molar-refractivity contribution is 0.0958. The van der Waals surface area contributed by atoms with Crippen LogP contribution in [-0.2, 0) is 0 Å². The molecule has 1 amide bonds. The molecule has 29 heavy (non-hydrogen) atoms. The van der Waals surface area contributed by atoms with Crippen molar-refractivity contribution in [3.8, 4) is 22.4 Å². The third-order valence-corrected chi connectivity index (χ3v) is 4.58. The van der Waals surface area contributed by atoms with Crippen LogP contribution in [-0.4, -0.2) is 40.7 Å². The Labute approximate surface area is 170 Å². The summed E-state index contributed by atoms with van der Waals surface area (Å²) in [5, 5.41) is 15.2. The third-order valence-electron chi connectivity index (χ3n) is 4.58. The quantitative estimate of drug-likeness (QED) is 0.481. The van der Waals surface area contributed by atoms with Gasteiger partial charge >= 0.3 is 0 Å². The van der Waals surface area contributed by atoms with E-state index in [4.69, 9.17) is 5.73 Å². The SMILES string of the molecule is CNC(=O)c1cc(-c2cc(-c3cc(N)ccc3C)cc(N[C@H](C)CO)n2)ccn1. The average molecular weight is 391 g/mol. The fraction of sp³-hybridized carbons (Fsp3) is 0.227. The number of benzene rings is 1. The van der Waals surface area contributed by atoms with Crippen LogP contribution in [0.4, 0.5) is 11.5 Å². The predicted octanol–water partition coefficient (Wildman–Crippen LogP) is 2.85. The van der Waals surface area contributed by atoms with Crippen molar-refractivity contribution in [2.24, 2.45) is 0 Å². The molecule has 0 aliphatic heterocycles. The first kappa shape index (κ1) is 20.3. The highest BCUT2D eigenvalue weighted by Gasteiger charge is 2.13. The van der Waals surface area contributed by atoms with Gasteiger partial charge in [-0.3, -0.25) is 9.78 Å². The topological polar surface area (TPSA) is 113 Å². The summed E-state index contributed by atoms with van der Waals surface area (Å²) in [6.45, 7) is 3.87. The monoisotopic (exact) mass is 391 g/mol. The molecule has 0 aliphatic carbocycles. The molecule has 2 aromatic heterocycles. The number of aliphatic hydroxyl groups is 1. The van der Waals surface area contributed by atoms with Crippen LogP contribution >= 0.6 is 0 Å². The molecule has 3 aromatic rings. The standard InChI is InChI=1S/C22H25N5O2/c1-13-4-5-17(23)11-18(13)16-9-19(27-21(10-16)26-14(2)12-28)15-6-7-25-20(8-15)22(29)24-3/h4-11,14,28H,12,23H2,1-3H3,(H,24,29)(H,26,27)/t14-/m1/s1. The number of amides is 1. The minimum absolute atomic E-state index is 0.0192. The summed E-state index contributed by atoms with van der Waals surface area (Å²) in [5.74, 6) is 0.362. The van der Waals surface area contributed by atoms with Crippen LogP contribution in [0.1, 0.15) is 23.0 Å². The number of aryl methyl sites for hydroxylation is 1. The second-order valence-electron chi connectivity index (χ2n) is 6.94. The first-order chi connectivity index (χ1) is 13.9. The Hall–Kier alpha value is -3.45. The second-order valence-corrected chi connectivity index (χ2v) is 6.94. The number of nitrogen functional groups attached to an aromatic ring is 1. The Balaban J connectivity index is 2.15. The number of pyridine rings is 2. The average Bonchev–Trinajstić information content (AvgIpc) is 2.74. The molecule has 0 aliphatic rings. The molecule has 7 heteroatoms. The predicted molar refractivity (Wildman–Crippen MR) is 116 cm³/mol. The van der Waals surface area contributed by atoms with Crippen LogP contribution in [0.25, 0.3) is 22.4 Å². The number of nitrogens with two attached hydrogens (primary N) is 1. The Bertz CT molecular complexity index is 1040. The van der Waals surface area contributed by atoms with Gasteiger partial charge in [-0.05, 0) is 66.9 Å². The molecular weight excluding hydrogens is 366 g/mol. The van der Waals surface area contributed by atoms with E-state index in [-0.39, 0.29) is 18.6 Å². The number of hydrogen-bond donors (Lipinski definition) is 4. The van der Waals surface area contributed by atoms with Gasteiger partial charge in [0.05, 0.1) is 12.3 Å². The van der Waals surface area contributed by atoms with Gasteiger partial charge in [0.25, 0.3) is 5.91 Å². The zero-order valence-electron chi connectivity index (χ0n) is 16.7. The maximum atomic E-state index is 12.0. The number of carbonyl (C=O) groups excluding carboxylic acids is 1. The maximum Gasteiger partial charge on any atom is 0.269 e. The summed E-state index contributed by atoms with van der Waals surface area (Å²) in [6, 6.07) is 13.0. The molecule has 1 aromatic carbocycles. The maximum absolute atomic E-state index is 12.0. The molecule has 0 saturated carbocycles. The van der Waals surface area contributed by atoms with E-state index in [0.717, 1.165) is 22.3 Å². The van der Waals surface area contributed by atoms with Crippen molar-refractivity contribution in [3.05, 3.63) is 59.9 Å². The van der Waals surface area contributed by atoms with E-state index in [9.17, 15) is 9.90 Å². The second kappa shape index (κ2) is 8.70. The first-order valence-corrected chi connectivity index (χ1v) is 9.35. The van der Waals surface area contributed by atoms with Gasteiger partial charge in [0.2, 0.25) is 0 Å². The number of hydrogen-bond acceptors (Lipinski definition) is 6. The molecule has 5 N–H and O–H groups in total. The minimum atomic E-state index is -0.262. The fourth-order valence-corrected chi connectivity index (χ4v) is 3.00. The van der Waals surface area contributed by atoms with E-state index >= 15 is 0 Å². The Kier molecular flexibility index (Phi) is 6.09. The number of aromatic nitrogens is 2. The van der Waals surface area contributed by atoms with Gasteiger partial charge in [-0.2, -0.15) is 0 Å². The van der Waals surface area contributed by atoms with Crippen molar-refractivity contribution in [2.45, 2.75) is 19.9 Å². The van der Waals surface area contributed by atoms with Crippen LogP contribution < -0.4 is 16.4 Å². The van der Waals surface area contributed by atoms with Crippen molar-refractivity contribution in [3.63, 3.8) is 0 Å². The van der Waals surface area contributed by atoms with Crippen LogP contribution in [0.2, 0.25) is 0 Å². The number of nitrogens with one attached hydrogen (secondary N) is 2. The Morgan fingerprint density at radius 1 is 1.17 bits per heavy atom. The van der Waals surface area contributed by atoms with Gasteiger partial charge in [-0.1, -0.05) is 6.07 Å². The molecule has 0 spiro atoms. The van der Waals surface area contributed by atoms with Crippen LogP contribution in [0, 0.1) is 6.92 Å². The third kappa shape index (κ3) is 4.70. The normalized spacial score (nSPS) is 11.7. The van der Waals surface area contributed by atoms with E-state index in [0.29, 0.717) is 22.9 Å². The summed E-state index contributed by atoms with van der Waals surface area (Å²) in [4.78, 5) is 20.8. The van der Waals surface area contributed by atoms with Crippen molar-refractivity contribution < 1.29 is 9.90 Å². The number of nitrogens with zero attached hydrogens (tertiary/aromatic N) is 2. The Morgan fingerprint density at radius 3 is 2.69 bits per heavy atom. The number of carbonyl (C=O) groups is 1. The summed E-state index contributed by atoms with van der Waals surface area (Å²) in [5.41, 5.74) is 11.5. The van der Waals surface area contributed by atoms with Crippen molar-refractivity contribution in [1.29, 1.82) is 0 Å². The molecule has 0 unspecified atom stereocenters. The summed E-state index contributed by atoms with van der Waals surface area (Å²) in [7, 11) is 1.57. The zero-order chi connectivity index (χ0) is 21.0. The molecule has 0 saturated heterocycles. The van der Waals surface area contributed by atoms with Gasteiger partial charge < -0.3 is 21.5 Å². The minimum Gasteiger partial charge on any atom is -0.399 e. The van der Waals surface area contributed by atoms with Crippen molar-refractivity contribution in [2.75, 3.05) is 24.7 Å². The number of rotatable bonds is 6. The molecular formula is C22H25N5O2. The van der Waals surface area contributed by atoms with Gasteiger partial charge in [-0.15, -0.1) is 0 Å². The highest BCUT2D eigenvalue weighted by molar-refractivity contribution is 5.93.